The number of hydrogen-bond donors (Lipinski definition) is 1. The SMILES string of the molecule is CCn1nc(C)cc1CN1CCCN(CCN)CC1. The Labute approximate surface area is 116 Å². The van der Waals surface area contributed by atoms with Gasteiger partial charge in [0.15, 0.2) is 0 Å². The molecular formula is C14H27N5. The van der Waals surface area contributed by atoms with Gasteiger partial charge in [-0.2, -0.15) is 5.10 Å². The monoisotopic (exact) mass is 265 g/mol. The molecule has 108 valence electrons. The summed E-state index contributed by atoms with van der Waals surface area (Å²) in [5, 5.41) is 4.53. The average molecular weight is 265 g/mol. The molecule has 0 bridgehead atoms. The maximum absolute atomic E-state index is 5.64. The van der Waals surface area contributed by atoms with E-state index in [0.717, 1.165) is 45.0 Å². The van der Waals surface area contributed by atoms with Crippen LogP contribution in [0.4, 0.5) is 0 Å². The number of aromatic nitrogens is 2. The van der Waals surface area contributed by atoms with Crippen molar-refractivity contribution in [2.24, 2.45) is 5.73 Å². The summed E-state index contributed by atoms with van der Waals surface area (Å²) in [5.41, 5.74) is 8.10. The van der Waals surface area contributed by atoms with Gasteiger partial charge in [0.2, 0.25) is 0 Å². The van der Waals surface area contributed by atoms with Gasteiger partial charge in [-0.15, -0.1) is 0 Å². The predicted octanol–water partition coefficient (Wildman–Crippen LogP) is 0.678. The van der Waals surface area contributed by atoms with Gasteiger partial charge >= 0.3 is 0 Å². The van der Waals surface area contributed by atoms with Gasteiger partial charge in [0.25, 0.3) is 0 Å². The van der Waals surface area contributed by atoms with E-state index in [9.17, 15) is 0 Å². The molecule has 2 heterocycles. The molecule has 0 radical (unpaired) electrons. The van der Waals surface area contributed by atoms with Gasteiger partial charge in [0.05, 0.1) is 11.4 Å². The van der Waals surface area contributed by atoms with Crippen molar-refractivity contribution in [2.75, 3.05) is 39.3 Å². The zero-order valence-corrected chi connectivity index (χ0v) is 12.3. The molecule has 1 aliphatic heterocycles. The number of aryl methyl sites for hydroxylation is 2. The van der Waals surface area contributed by atoms with Crippen LogP contribution in [0.1, 0.15) is 24.7 Å². The minimum absolute atomic E-state index is 0.766. The van der Waals surface area contributed by atoms with Crippen molar-refractivity contribution in [1.82, 2.24) is 19.6 Å². The van der Waals surface area contributed by atoms with E-state index in [4.69, 9.17) is 5.73 Å². The third-order valence-corrected chi connectivity index (χ3v) is 3.80. The van der Waals surface area contributed by atoms with Crippen molar-refractivity contribution in [3.05, 3.63) is 17.5 Å². The standard InChI is InChI=1S/C14H27N5/c1-3-19-14(11-13(2)16-19)12-18-7-4-6-17(8-5-15)9-10-18/h11H,3-10,12,15H2,1-2H3. The quantitative estimate of drug-likeness (QED) is 0.850. The van der Waals surface area contributed by atoms with Crippen LogP contribution in [0.5, 0.6) is 0 Å². The highest BCUT2D eigenvalue weighted by Crippen LogP contribution is 2.10. The zero-order valence-electron chi connectivity index (χ0n) is 12.3. The smallest absolute Gasteiger partial charge is 0.0597 e. The Morgan fingerprint density at radius 3 is 2.68 bits per heavy atom. The molecule has 2 N–H and O–H groups in total. The molecule has 1 aromatic rings. The van der Waals surface area contributed by atoms with E-state index in [1.165, 1.54) is 25.2 Å². The van der Waals surface area contributed by atoms with Crippen LogP contribution >= 0.6 is 0 Å². The lowest BCUT2D eigenvalue weighted by atomic mass is 10.3. The zero-order chi connectivity index (χ0) is 13.7. The molecule has 2 rings (SSSR count). The summed E-state index contributed by atoms with van der Waals surface area (Å²) in [7, 11) is 0. The maximum atomic E-state index is 5.64. The van der Waals surface area contributed by atoms with Gasteiger partial charge in [0.1, 0.15) is 0 Å². The third kappa shape index (κ3) is 4.03. The number of hydrogen-bond acceptors (Lipinski definition) is 4. The highest BCUT2D eigenvalue weighted by Gasteiger charge is 2.16. The number of rotatable bonds is 5. The summed E-state index contributed by atoms with van der Waals surface area (Å²) in [6.07, 6.45) is 1.24. The summed E-state index contributed by atoms with van der Waals surface area (Å²) in [6.45, 7) is 12.6. The summed E-state index contributed by atoms with van der Waals surface area (Å²) >= 11 is 0. The normalized spacial score (nSPS) is 18.7. The first-order chi connectivity index (χ1) is 9.22. The minimum atomic E-state index is 0.766. The molecule has 1 aromatic heterocycles. The van der Waals surface area contributed by atoms with Crippen molar-refractivity contribution < 1.29 is 0 Å². The van der Waals surface area contributed by atoms with Gasteiger partial charge in [-0.25, -0.2) is 0 Å². The van der Waals surface area contributed by atoms with Gasteiger partial charge < -0.3 is 10.6 Å². The van der Waals surface area contributed by atoms with Crippen molar-refractivity contribution >= 4 is 0 Å². The van der Waals surface area contributed by atoms with Gasteiger partial charge in [-0.05, 0) is 39.4 Å². The molecule has 5 heteroatoms. The molecule has 0 unspecified atom stereocenters. The number of nitrogens with zero attached hydrogens (tertiary/aromatic N) is 4. The Morgan fingerprint density at radius 2 is 1.95 bits per heavy atom. The Hall–Kier alpha value is -0.910. The molecule has 0 atom stereocenters. The van der Waals surface area contributed by atoms with E-state index >= 15 is 0 Å². The van der Waals surface area contributed by atoms with Gasteiger partial charge in [0, 0.05) is 39.3 Å². The first kappa shape index (κ1) is 14.5. The maximum Gasteiger partial charge on any atom is 0.0597 e. The fraction of sp³-hybridized carbons (Fsp3) is 0.786. The summed E-state index contributed by atoms with van der Waals surface area (Å²) in [5.74, 6) is 0. The fourth-order valence-corrected chi connectivity index (χ4v) is 2.82. The van der Waals surface area contributed by atoms with Gasteiger partial charge in [-0.1, -0.05) is 0 Å². The predicted molar refractivity (Wildman–Crippen MR) is 78.0 cm³/mol. The van der Waals surface area contributed by atoms with E-state index in [-0.39, 0.29) is 0 Å². The Morgan fingerprint density at radius 1 is 1.21 bits per heavy atom. The minimum Gasteiger partial charge on any atom is -0.329 e. The van der Waals surface area contributed by atoms with E-state index in [1.54, 1.807) is 0 Å². The Balaban J connectivity index is 1.92. The molecule has 0 amide bonds. The van der Waals surface area contributed by atoms with Crippen LogP contribution in [0.3, 0.4) is 0 Å². The molecule has 0 aromatic carbocycles. The second-order valence-corrected chi connectivity index (χ2v) is 5.35. The Bertz CT molecular complexity index is 387. The van der Waals surface area contributed by atoms with E-state index < -0.39 is 0 Å². The fourth-order valence-electron chi connectivity index (χ4n) is 2.82. The average Bonchev–Trinajstić information content (AvgIpc) is 2.59. The van der Waals surface area contributed by atoms with Crippen LogP contribution in [0.15, 0.2) is 6.07 Å². The molecule has 1 aliphatic rings. The van der Waals surface area contributed by atoms with Crippen molar-refractivity contribution in [3.8, 4) is 0 Å². The molecule has 0 aliphatic carbocycles. The molecule has 1 saturated heterocycles. The van der Waals surface area contributed by atoms with Crippen LogP contribution in [0.2, 0.25) is 0 Å². The van der Waals surface area contributed by atoms with Crippen LogP contribution in [-0.4, -0.2) is 58.8 Å². The first-order valence-corrected chi connectivity index (χ1v) is 7.41. The van der Waals surface area contributed by atoms with Crippen LogP contribution in [0.25, 0.3) is 0 Å². The largest absolute Gasteiger partial charge is 0.329 e. The number of nitrogens with two attached hydrogens (primary N) is 1. The van der Waals surface area contributed by atoms with E-state index in [2.05, 4.69) is 39.5 Å². The van der Waals surface area contributed by atoms with Crippen LogP contribution < -0.4 is 5.73 Å². The first-order valence-electron chi connectivity index (χ1n) is 7.41. The Kier molecular flexibility index (Phi) is 5.36. The molecule has 1 fully saturated rings. The van der Waals surface area contributed by atoms with Crippen LogP contribution in [0, 0.1) is 6.92 Å². The lowest BCUT2D eigenvalue weighted by Gasteiger charge is -2.21. The van der Waals surface area contributed by atoms with Crippen molar-refractivity contribution in [1.29, 1.82) is 0 Å². The van der Waals surface area contributed by atoms with E-state index in [0.29, 0.717) is 0 Å². The summed E-state index contributed by atoms with van der Waals surface area (Å²) in [4.78, 5) is 5.02. The third-order valence-electron chi connectivity index (χ3n) is 3.80. The summed E-state index contributed by atoms with van der Waals surface area (Å²) < 4.78 is 2.12. The lowest BCUT2D eigenvalue weighted by molar-refractivity contribution is 0.249. The summed E-state index contributed by atoms with van der Waals surface area (Å²) in [6, 6.07) is 2.21. The highest BCUT2D eigenvalue weighted by molar-refractivity contribution is 5.08. The second-order valence-electron chi connectivity index (χ2n) is 5.35. The molecule has 0 spiro atoms. The molecular weight excluding hydrogens is 238 g/mol. The topological polar surface area (TPSA) is 50.3 Å². The molecule has 19 heavy (non-hydrogen) atoms. The highest BCUT2D eigenvalue weighted by atomic mass is 15.3. The molecule has 0 saturated carbocycles. The van der Waals surface area contributed by atoms with E-state index in [1.807, 2.05) is 0 Å². The van der Waals surface area contributed by atoms with Crippen LogP contribution in [-0.2, 0) is 13.1 Å². The molecule has 5 nitrogen and oxygen atoms in total. The van der Waals surface area contributed by atoms with Crippen molar-refractivity contribution in [2.45, 2.75) is 33.4 Å². The lowest BCUT2D eigenvalue weighted by Crippen LogP contribution is -2.34. The van der Waals surface area contributed by atoms with Gasteiger partial charge in [-0.3, -0.25) is 9.58 Å². The van der Waals surface area contributed by atoms with Crippen molar-refractivity contribution in [3.63, 3.8) is 0 Å². The second kappa shape index (κ2) is 7.03.